The van der Waals surface area contributed by atoms with Crippen LogP contribution in [0.2, 0.25) is 32.7 Å². The van der Waals surface area contributed by atoms with Gasteiger partial charge in [-0.25, -0.2) is 0 Å². The predicted molar refractivity (Wildman–Crippen MR) is 79.8 cm³/mol. The van der Waals surface area contributed by atoms with Crippen LogP contribution in [0.15, 0.2) is 0 Å². The van der Waals surface area contributed by atoms with E-state index in [0.29, 0.717) is 12.8 Å². The maximum absolute atomic E-state index is 6.18. The lowest BCUT2D eigenvalue weighted by atomic mass is 11.1. The fourth-order valence-electron chi connectivity index (χ4n) is 1.36. The van der Waals surface area contributed by atoms with Gasteiger partial charge in [-0.3, -0.25) is 0 Å². The molecule has 0 spiro atoms. The quantitative estimate of drug-likeness (QED) is 0.485. The summed E-state index contributed by atoms with van der Waals surface area (Å²) in [4.78, 5) is 0. The second kappa shape index (κ2) is 7.26. The van der Waals surface area contributed by atoms with E-state index < -0.39 is 25.7 Å². The fraction of sp³-hybridized carbons (Fsp3) is 1.00. The van der Waals surface area contributed by atoms with Crippen molar-refractivity contribution >= 4 is 25.7 Å². The average molecular weight is 313 g/mol. The summed E-state index contributed by atoms with van der Waals surface area (Å²) in [6, 6.07) is 0. The summed E-state index contributed by atoms with van der Waals surface area (Å²) in [5, 5.41) is 3.06. The minimum Gasteiger partial charge on any atom is -0.416 e. The Morgan fingerprint density at radius 1 is 0.944 bits per heavy atom. The van der Waals surface area contributed by atoms with E-state index in [9.17, 15) is 0 Å². The van der Waals surface area contributed by atoms with Crippen LogP contribution < -0.4 is 11.1 Å². The summed E-state index contributed by atoms with van der Waals surface area (Å²) < 4.78 is 23.4. The molecule has 0 rings (SSSR count). The Bertz CT molecular complexity index is 250. The summed E-state index contributed by atoms with van der Waals surface area (Å²) in [5.74, 6) is 0. The van der Waals surface area contributed by atoms with Crippen LogP contribution in [0.1, 0.15) is 0 Å². The Hall–Kier alpha value is 0.411. The SMILES string of the molecule is CO[Si](C)(C)O[Si](CNCN)(OC)O[Si](C)(C)C. The van der Waals surface area contributed by atoms with Crippen LogP contribution in [0.25, 0.3) is 0 Å². The lowest BCUT2D eigenvalue weighted by Gasteiger charge is -2.38. The normalized spacial score (nSPS) is 16.7. The molecular weight excluding hydrogens is 284 g/mol. The minimum atomic E-state index is -2.77. The molecule has 9 heteroatoms. The Kier molecular flexibility index (Phi) is 7.43. The van der Waals surface area contributed by atoms with Crippen molar-refractivity contribution in [3.8, 4) is 0 Å². The third-order valence-corrected chi connectivity index (χ3v) is 11.3. The first kappa shape index (κ1) is 18.4. The van der Waals surface area contributed by atoms with Crippen molar-refractivity contribution in [3.05, 3.63) is 0 Å². The van der Waals surface area contributed by atoms with Crippen LogP contribution >= 0.6 is 0 Å². The lowest BCUT2D eigenvalue weighted by molar-refractivity contribution is 0.169. The summed E-state index contributed by atoms with van der Waals surface area (Å²) in [7, 11) is -3.50. The molecule has 0 saturated heterocycles. The molecule has 0 fully saturated rings. The summed E-state index contributed by atoms with van der Waals surface area (Å²) in [6.07, 6.45) is 0.504. The number of nitrogens with two attached hydrogens (primary N) is 1. The Balaban J connectivity index is 4.97. The van der Waals surface area contributed by atoms with Crippen molar-refractivity contribution in [1.29, 1.82) is 0 Å². The van der Waals surface area contributed by atoms with E-state index in [-0.39, 0.29) is 0 Å². The highest BCUT2D eigenvalue weighted by atomic mass is 28.5. The molecule has 0 heterocycles. The molecule has 1 unspecified atom stereocenters. The van der Waals surface area contributed by atoms with Crippen molar-refractivity contribution in [3.63, 3.8) is 0 Å². The molecule has 0 bridgehead atoms. The van der Waals surface area contributed by atoms with Gasteiger partial charge in [0, 0.05) is 20.9 Å². The maximum Gasteiger partial charge on any atom is 0.495 e. The van der Waals surface area contributed by atoms with Crippen LogP contribution in [0, 0.1) is 0 Å². The third-order valence-electron chi connectivity index (χ3n) is 2.15. The summed E-state index contributed by atoms with van der Waals surface area (Å²) in [5.41, 5.74) is 5.49. The number of hydrogen-bond acceptors (Lipinski definition) is 6. The Morgan fingerprint density at radius 3 is 1.83 bits per heavy atom. The van der Waals surface area contributed by atoms with Crippen LogP contribution in [-0.4, -0.2) is 52.7 Å². The first-order chi connectivity index (χ1) is 8.10. The molecule has 0 aromatic carbocycles. The van der Waals surface area contributed by atoms with Gasteiger partial charge in [0.15, 0.2) is 8.32 Å². The van der Waals surface area contributed by atoms with Crippen molar-refractivity contribution < 1.29 is 17.1 Å². The largest absolute Gasteiger partial charge is 0.495 e. The van der Waals surface area contributed by atoms with E-state index >= 15 is 0 Å². The molecular formula is C9H28N2O4Si3. The van der Waals surface area contributed by atoms with Crippen molar-refractivity contribution in [2.24, 2.45) is 5.73 Å². The molecule has 110 valence electrons. The van der Waals surface area contributed by atoms with Crippen LogP contribution in [0.4, 0.5) is 0 Å². The van der Waals surface area contributed by atoms with Gasteiger partial charge in [0.25, 0.3) is 0 Å². The summed E-state index contributed by atoms with van der Waals surface area (Å²) >= 11 is 0. The molecule has 0 aliphatic carbocycles. The highest BCUT2D eigenvalue weighted by Gasteiger charge is 2.48. The molecule has 3 N–H and O–H groups in total. The highest BCUT2D eigenvalue weighted by molar-refractivity contribution is 6.84. The van der Waals surface area contributed by atoms with E-state index in [4.69, 9.17) is 22.8 Å². The van der Waals surface area contributed by atoms with Gasteiger partial charge in [0.2, 0.25) is 0 Å². The van der Waals surface area contributed by atoms with Gasteiger partial charge >= 0.3 is 17.4 Å². The molecule has 0 aromatic heterocycles. The molecule has 0 radical (unpaired) electrons. The first-order valence-corrected chi connectivity index (χ1v) is 14.2. The van der Waals surface area contributed by atoms with Gasteiger partial charge in [-0.15, -0.1) is 0 Å². The van der Waals surface area contributed by atoms with Crippen molar-refractivity contribution in [2.75, 3.05) is 27.1 Å². The van der Waals surface area contributed by atoms with Gasteiger partial charge in [0.1, 0.15) is 0 Å². The van der Waals surface area contributed by atoms with Gasteiger partial charge in [-0.1, -0.05) is 0 Å². The van der Waals surface area contributed by atoms with Crippen LogP contribution in [-0.2, 0) is 17.1 Å². The zero-order valence-corrected chi connectivity index (χ0v) is 15.6. The van der Waals surface area contributed by atoms with Crippen LogP contribution in [0.5, 0.6) is 0 Å². The maximum atomic E-state index is 6.18. The Labute approximate surface area is 114 Å². The molecule has 0 aliphatic heterocycles. The molecule has 1 atom stereocenters. The molecule has 6 nitrogen and oxygen atoms in total. The van der Waals surface area contributed by atoms with Crippen molar-refractivity contribution in [2.45, 2.75) is 32.7 Å². The van der Waals surface area contributed by atoms with E-state index in [1.807, 2.05) is 13.1 Å². The lowest BCUT2D eigenvalue weighted by Crippen LogP contribution is -2.63. The van der Waals surface area contributed by atoms with Gasteiger partial charge < -0.3 is 28.1 Å². The van der Waals surface area contributed by atoms with Crippen molar-refractivity contribution in [1.82, 2.24) is 5.32 Å². The second-order valence-electron chi connectivity index (χ2n) is 5.44. The first-order valence-electron chi connectivity index (χ1n) is 6.01. The zero-order chi connectivity index (χ0) is 14.4. The highest BCUT2D eigenvalue weighted by Crippen LogP contribution is 2.21. The minimum absolute atomic E-state index is 0.367. The van der Waals surface area contributed by atoms with Crippen LogP contribution in [0.3, 0.4) is 0 Å². The number of nitrogens with one attached hydrogen (secondary N) is 1. The molecule has 0 aromatic rings. The fourth-order valence-corrected chi connectivity index (χ4v) is 10.8. The number of hydrogen-bond donors (Lipinski definition) is 2. The summed E-state index contributed by atoms with van der Waals surface area (Å²) in [6.45, 7) is 10.7. The molecule has 18 heavy (non-hydrogen) atoms. The second-order valence-corrected chi connectivity index (χ2v) is 16.6. The molecule has 0 amide bonds. The van der Waals surface area contributed by atoms with Gasteiger partial charge in [0.05, 0.1) is 6.17 Å². The monoisotopic (exact) mass is 312 g/mol. The topological polar surface area (TPSA) is 75.0 Å². The number of rotatable bonds is 9. The van der Waals surface area contributed by atoms with E-state index in [1.54, 1.807) is 14.2 Å². The van der Waals surface area contributed by atoms with Gasteiger partial charge in [-0.2, -0.15) is 0 Å². The van der Waals surface area contributed by atoms with E-state index in [1.165, 1.54) is 0 Å². The van der Waals surface area contributed by atoms with E-state index in [2.05, 4.69) is 25.0 Å². The molecule has 0 aliphatic rings. The predicted octanol–water partition coefficient (Wildman–Crippen LogP) is 0.833. The molecule has 0 saturated carbocycles. The van der Waals surface area contributed by atoms with Gasteiger partial charge in [-0.05, 0) is 32.7 Å². The standard InChI is InChI=1S/C9H28N2O4Si3/c1-12-17(6,7)15-18(13-2,9-11-8-10)14-16(3,4)5/h11H,8-10H2,1-7H3. The average Bonchev–Trinajstić information content (AvgIpc) is 2.23. The smallest absolute Gasteiger partial charge is 0.416 e. The van der Waals surface area contributed by atoms with E-state index in [0.717, 1.165) is 0 Å². The zero-order valence-electron chi connectivity index (χ0n) is 12.6. The third kappa shape index (κ3) is 7.11. The Morgan fingerprint density at radius 2 is 1.50 bits per heavy atom.